The van der Waals surface area contributed by atoms with E-state index in [0.29, 0.717) is 6.54 Å². The summed E-state index contributed by atoms with van der Waals surface area (Å²) in [5.41, 5.74) is 0.824. The quantitative estimate of drug-likeness (QED) is 0.842. The van der Waals surface area contributed by atoms with Crippen LogP contribution in [-0.4, -0.2) is 31.4 Å². The van der Waals surface area contributed by atoms with Crippen LogP contribution < -0.4 is 5.32 Å². The monoisotopic (exact) mass is 235 g/mol. The number of rotatable bonds is 4. The van der Waals surface area contributed by atoms with Gasteiger partial charge in [0, 0.05) is 13.6 Å². The average Bonchev–Trinajstić information content (AvgIpc) is 2.31. The molecule has 0 aliphatic heterocycles. The van der Waals surface area contributed by atoms with E-state index in [0.717, 1.165) is 5.56 Å². The van der Waals surface area contributed by atoms with Crippen molar-refractivity contribution in [2.24, 2.45) is 0 Å². The maximum absolute atomic E-state index is 13.1. The maximum atomic E-state index is 13.1. The van der Waals surface area contributed by atoms with Gasteiger partial charge in [-0.05, 0) is 24.7 Å². The summed E-state index contributed by atoms with van der Waals surface area (Å²) in [7, 11) is 3.35. The Labute approximate surface area is 99.7 Å². The summed E-state index contributed by atoms with van der Waals surface area (Å²) in [5, 5.41) is 11.2. The van der Waals surface area contributed by atoms with E-state index in [2.05, 4.69) is 5.32 Å². The van der Waals surface area contributed by atoms with Gasteiger partial charge in [-0.15, -0.1) is 0 Å². The second-order valence-corrected chi connectivity index (χ2v) is 3.77. The second-order valence-electron chi connectivity index (χ2n) is 3.77. The van der Waals surface area contributed by atoms with Gasteiger partial charge in [-0.25, -0.2) is 4.39 Å². The van der Waals surface area contributed by atoms with Crippen LogP contribution in [0.5, 0.6) is 0 Å². The van der Waals surface area contributed by atoms with Gasteiger partial charge in [0.1, 0.15) is 11.9 Å². The molecule has 4 nitrogen and oxygen atoms in total. The van der Waals surface area contributed by atoms with E-state index >= 15 is 0 Å². The van der Waals surface area contributed by atoms with Crippen LogP contribution in [0.2, 0.25) is 0 Å². The third-order valence-corrected chi connectivity index (χ3v) is 2.30. The summed E-state index contributed by atoms with van der Waals surface area (Å²) in [6.45, 7) is 0.748. The molecule has 0 aromatic heterocycles. The molecule has 0 saturated carbocycles. The van der Waals surface area contributed by atoms with Crippen molar-refractivity contribution in [3.8, 4) is 6.07 Å². The smallest absolute Gasteiger partial charge is 0.233 e. The highest BCUT2D eigenvalue weighted by atomic mass is 19.1. The SMILES string of the molecule is CNC(=O)CN(C)Cc1ccc(F)c(C#N)c1. The van der Waals surface area contributed by atoms with Crippen LogP contribution in [0, 0.1) is 17.1 Å². The van der Waals surface area contributed by atoms with Crippen molar-refractivity contribution in [2.45, 2.75) is 6.54 Å². The van der Waals surface area contributed by atoms with Crippen molar-refractivity contribution >= 4 is 5.91 Å². The van der Waals surface area contributed by atoms with E-state index in [1.165, 1.54) is 12.1 Å². The number of carbonyl (C=O) groups is 1. The van der Waals surface area contributed by atoms with Gasteiger partial charge in [-0.3, -0.25) is 9.69 Å². The maximum Gasteiger partial charge on any atom is 0.233 e. The number of carbonyl (C=O) groups excluding carboxylic acids is 1. The number of benzene rings is 1. The molecule has 0 atom stereocenters. The standard InChI is InChI=1S/C12H14FN3O/c1-15-12(17)8-16(2)7-9-3-4-11(13)10(5-9)6-14/h3-5H,7-8H2,1-2H3,(H,15,17). The summed E-state index contributed by atoms with van der Waals surface area (Å²) in [4.78, 5) is 12.9. The van der Waals surface area contributed by atoms with Gasteiger partial charge in [0.2, 0.25) is 5.91 Å². The number of hydrogen-bond acceptors (Lipinski definition) is 3. The molecule has 0 saturated heterocycles. The lowest BCUT2D eigenvalue weighted by Crippen LogP contribution is -2.32. The molecule has 1 N–H and O–H groups in total. The zero-order chi connectivity index (χ0) is 12.8. The largest absolute Gasteiger partial charge is 0.358 e. The van der Waals surface area contributed by atoms with Crippen LogP contribution in [0.25, 0.3) is 0 Å². The molecule has 17 heavy (non-hydrogen) atoms. The number of hydrogen-bond donors (Lipinski definition) is 1. The highest BCUT2D eigenvalue weighted by molar-refractivity contribution is 5.77. The number of nitrogens with one attached hydrogen (secondary N) is 1. The second kappa shape index (κ2) is 5.97. The van der Waals surface area contributed by atoms with Gasteiger partial charge in [-0.2, -0.15) is 5.26 Å². The van der Waals surface area contributed by atoms with Crippen molar-refractivity contribution < 1.29 is 9.18 Å². The molecular weight excluding hydrogens is 221 g/mol. The van der Waals surface area contributed by atoms with Crippen LogP contribution in [0.4, 0.5) is 4.39 Å². The molecule has 0 radical (unpaired) electrons. The van der Waals surface area contributed by atoms with E-state index in [9.17, 15) is 9.18 Å². The third-order valence-electron chi connectivity index (χ3n) is 2.30. The Hall–Kier alpha value is -1.93. The van der Waals surface area contributed by atoms with Crippen molar-refractivity contribution in [3.63, 3.8) is 0 Å². The van der Waals surface area contributed by atoms with Gasteiger partial charge >= 0.3 is 0 Å². The Morgan fingerprint density at radius 1 is 1.59 bits per heavy atom. The number of likely N-dealkylation sites (N-methyl/N-ethyl adjacent to an activating group) is 2. The molecule has 1 aromatic rings. The van der Waals surface area contributed by atoms with Crippen LogP contribution >= 0.6 is 0 Å². The van der Waals surface area contributed by atoms with Crippen molar-refractivity contribution in [3.05, 3.63) is 35.1 Å². The average molecular weight is 235 g/mol. The number of amides is 1. The summed E-state index contributed by atoms with van der Waals surface area (Å²) in [6, 6.07) is 6.16. The molecule has 0 heterocycles. The lowest BCUT2D eigenvalue weighted by Gasteiger charge is -2.15. The van der Waals surface area contributed by atoms with Crippen LogP contribution in [0.15, 0.2) is 18.2 Å². The molecule has 0 fully saturated rings. The Kier molecular flexibility index (Phi) is 4.61. The first-order valence-corrected chi connectivity index (χ1v) is 5.14. The van der Waals surface area contributed by atoms with Gasteiger partial charge in [-0.1, -0.05) is 6.07 Å². The first-order chi connectivity index (χ1) is 8.06. The van der Waals surface area contributed by atoms with Crippen molar-refractivity contribution in [1.29, 1.82) is 5.26 Å². The fourth-order valence-corrected chi connectivity index (χ4v) is 1.45. The Balaban J connectivity index is 2.69. The highest BCUT2D eigenvalue weighted by Crippen LogP contribution is 2.10. The first-order valence-electron chi connectivity index (χ1n) is 5.14. The predicted molar refractivity (Wildman–Crippen MR) is 61.5 cm³/mol. The summed E-state index contributed by atoms with van der Waals surface area (Å²) < 4.78 is 13.1. The molecule has 90 valence electrons. The summed E-state index contributed by atoms with van der Waals surface area (Å²) in [6.07, 6.45) is 0. The first kappa shape index (κ1) is 13.1. The van der Waals surface area contributed by atoms with Crippen molar-refractivity contribution in [2.75, 3.05) is 20.6 Å². The zero-order valence-corrected chi connectivity index (χ0v) is 9.83. The summed E-state index contributed by atoms with van der Waals surface area (Å²) in [5.74, 6) is -0.611. The van der Waals surface area contributed by atoms with E-state index in [4.69, 9.17) is 5.26 Å². The third kappa shape index (κ3) is 3.85. The van der Waals surface area contributed by atoms with Crippen molar-refractivity contribution in [1.82, 2.24) is 10.2 Å². The molecule has 0 unspecified atom stereocenters. The minimum Gasteiger partial charge on any atom is -0.358 e. The predicted octanol–water partition coefficient (Wildman–Crippen LogP) is 0.875. The van der Waals surface area contributed by atoms with E-state index in [-0.39, 0.29) is 18.0 Å². The zero-order valence-electron chi connectivity index (χ0n) is 9.83. The van der Waals surface area contributed by atoms with Crippen LogP contribution in [0.3, 0.4) is 0 Å². The number of nitrogens with zero attached hydrogens (tertiary/aromatic N) is 2. The van der Waals surface area contributed by atoms with Crippen LogP contribution in [0.1, 0.15) is 11.1 Å². The van der Waals surface area contributed by atoms with Gasteiger partial charge in [0.25, 0.3) is 0 Å². The normalized spacial score (nSPS) is 10.1. The fraction of sp³-hybridized carbons (Fsp3) is 0.333. The van der Waals surface area contributed by atoms with E-state index < -0.39 is 5.82 Å². The molecule has 0 spiro atoms. The molecule has 0 aliphatic rings. The molecule has 0 bridgehead atoms. The molecule has 5 heteroatoms. The lowest BCUT2D eigenvalue weighted by atomic mass is 10.1. The lowest BCUT2D eigenvalue weighted by molar-refractivity contribution is -0.121. The molecule has 1 amide bonds. The summed E-state index contributed by atoms with van der Waals surface area (Å²) >= 11 is 0. The topological polar surface area (TPSA) is 56.1 Å². The minimum atomic E-state index is -0.523. The Morgan fingerprint density at radius 2 is 2.29 bits per heavy atom. The van der Waals surface area contributed by atoms with Gasteiger partial charge < -0.3 is 5.32 Å². The Morgan fingerprint density at radius 3 is 2.88 bits per heavy atom. The van der Waals surface area contributed by atoms with E-state index in [1.54, 1.807) is 31.1 Å². The molecular formula is C12H14FN3O. The minimum absolute atomic E-state index is 0.0239. The van der Waals surface area contributed by atoms with E-state index in [1.807, 2.05) is 0 Å². The number of halogens is 1. The number of nitriles is 1. The molecule has 1 rings (SSSR count). The van der Waals surface area contributed by atoms with Gasteiger partial charge in [0.15, 0.2) is 0 Å². The van der Waals surface area contributed by atoms with Crippen LogP contribution in [-0.2, 0) is 11.3 Å². The molecule has 0 aliphatic carbocycles. The Bertz CT molecular complexity index is 454. The van der Waals surface area contributed by atoms with Gasteiger partial charge in [0.05, 0.1) is 12.1 Å². The highest BCUT2D eigenvalue weighted by Gasteiger charge is 2.07. The molecule has 1 aromatic carbocycles. The fourth-order valence-electron chi connectivity index (χ4n) is 1.45.